The molecule has 1 aliphatic rings. The van der Waals surface area contributed by atoms with E-state index in [-0.39, 0.29) is 0 Å². The molecular formula is C18H17N5S. The second-order valence-electron chi connectivity index (χ2n) is 6.27. The Morgan fingerprint density at radius 1 is 1.25 bits per heavy atom. The third-order valence-corrected chi connectivity index (χ3v) is 5.41. The Labute approximate surface area is 143 Å². The number of benzene rings is 1. The van der Waals surface area contributed by atoms with Crippen molar-refractivity contribution in [2.75, 3.05) is 5.32 Å². The van der Waals surface area contributed by atoms with E-state index in [1.54, 1.807) is 17.7 Å². The minimum atomic E-state index is 0.600. The van der Waals surface area contributed by atoms with Crippen LogP contribution in [0.1, 0.15) is 29.6 Å². The monoisotopic (exact) mass is 335 g/mol. The van der Waals surface area contributed by atoms with Gasteiger partial charge in [0, 0.05) is 10.9 Å². The Morgan fingerprint density at radius 2 is 2.12 bits per heavy atom. The Bertz CT molecular complexity index is 1040. The van der Waals surface area contributed by atoms with Gasteiger partial charge in [-0.3, -0.25) is 0 Å². The van der Waals surface area contributed by atoms with Crippen LogP contribution in [0, 0.1) is 6.92 Å². The van der Waals surface area contributed by atoms with Gasteiger partial charge in [-0.05, 0) is 38.0 Å². The summed E-state index contributed by atoms with van der Waals surface area (Å²) in [4.78, 5) is 15.9. The Hall–Kier alpha value is -2.47. The van der Waals surface area contributed by atoms with E-state index in [0.29, 0.717) is 12.6 Å². The van der Waals surface area contributed by atoms with E-state index in [1.165, 1.54) is 23.2 Å². The molecule has 4 aromatic rings. The quantitative estimate of drug-likeness (QED) is 0.604. The van der Waals surface area contributed by atoms with Gasteiger partial charge in [0.1, 0.15) is 22.8 Å². The van der Waals surface area contributed by atoms with Crippen molar-refractivity contribution >= 4 is 38.4 Å². The largest absolute Gasteiger partial charge is 0.362 e. The molecule has 0 amide bonds. The summed E-state index contributed by atoms with van der Waals surface area (Å²) in [6.07, 6.45) is 4.12. The van der Waals surface area contributed by atoms with Gasteiger partial charge < -0.3 is 9.88 Å². The van der Waals surface area contributed by atoms with Crippen molar-refractivity contribution in [3.8, 4) is 0 Å². The van der Waals surface area contributed by atoms with Gasteiger partial charge in [0.2, 0.25) is 0 Å². The summed E-state index contributed by atoms with van der Waals surface area (Å²) in [7, 11) is 0. The summed E-state index contributed by atoms with van der Waals surface area (Å²) in [6, 6.07) is 11.1. The smallest absolute Gasteiger partial charge is 0.138 e. The topological polar surface area (TPSA) is 55.6 Å². The first-order valence-corrected chi connectivity index (χ1v) is 9.02. The number of nitrogens with zero attached hydrogens (tertiary/aromatic N) is 4. The van der Waals surface area contributed by atoms with E-state index < -0.39 is 0 Å². The maximum atomic E-state index is 4.83. The highest BCUT2D eigenvalue weighted by Crippen LogP contribution is 2.38. The third kappa shape index (κ3) is 2.26. The summed E-state index contributed by atoms with van der Waals surface area (Å²) >= 11 is 1.70. The first kappa shape index (κ1) is 13.9. The number of fused-ring (bicyclic) bond motifs is 2. The number of anilines is 1. The highest BCUT2D eigenvalue weighted by Gasteiger charge is 2.28. The van der Waals surface area contributed by atoms with Crippen LogP contribution in [0.25, 0.3) is 21.3 Å². The lowest BCUT2D eigenvalue weighted by atomic mass is 10.3. The molecule has 1 saturated carbocycles. The number of nitrogens with one attached hydrogen (secondary N) is 1. The van der Waals surface area contributed by atoms with Gasteiger partial charge in [0.15, 0.2) is 0 Å². The van der Waals surface area contributed by atoms with E-state index in [4.69, 9.17) is 4.98 Å². The second-order valence-corrected chi connectivity index (χ2v) is 7.50. The fourth-order valence-corrected chi connectivity index (χ4v) is 4.09. The maximum absolute atomic E-state index is 4.83. The first-order chi connectivity index (χ1) is 11.8. The Kier molecular flexibility index (Phi) is 3.06. The van der Waals surface area contributed by atoms with Crippen LogP contribution in [0.5, 0.6) is 0 Å². The molecule has 24 heavy (non-hydrogen) atoms. The van der Waals surface area contributed by atoms with E-state index in [9.17, 15) is 0 Å². The Balaban J connectivity index is 1.51. The van der Waals surface area contributed by atoms with E-state index in [1.807, 2.05) is 6.07 Å². The zero-order valence-corrected chi connectivity index (χ0v) is 14.2. The first-order valence-electron chi connectivity index (χ1n) is 8.20. The van der Waals surface area contributed by atoms with Crippen molar-refractivity contribution in [1.82, 2.24) is 19.5 Å². The van der Waals surface area contributed by atoms with Crippen LogP contribution in [0.2, 0.25) is 0 Å². The van der Waals surface area contributed by atoms with E-state index in [2.05, 4.69) is 51.0 Å². The van der Waals surface area contributed by atoms with Crippen LogP contribution < -0.4 is 5.32 Å². The minimum Gasteiger partial charge on any atom is -0.362 e. The molecule has 0 aliphatic heterocycles. The van der Waals surface area contributed by atoms with Crippen molar-refractivity contribution in [3.05, 3.63) is 47.4 Å². The zero-order chi connectivity index (χ0) is 16.1. The molecule has 120 valence electrons. The molecule has 5 rings (SSSR count). The molecule has 1 N–H and O–H groups in total. The van der Waals surface area contributed by atoms with Crippen LogP contribution in [-0.4, -0.2) is 19.5 Å². The van der Waals surface area contributed by atoms with Crippen molar-refractivity contribution in [3.63, 3.8) is 0 Å². The summed E-state index contributed by atoms with van der Waals surface area (Å²) in [6.45, 7) is 2.77. The fraction of sp³-hybridized carbons (Fsp3) is 0.278. The lowest BCUT2D eigenvalue weighted by molar-refractivity contribution is 0.711. The maximum Gasteiger partial charge on any atom is 0.138 e. The highest BCUT2D eigenvalue weighted by atomic mass is 32.1. The average Bonchev–Trinajstić information content (AvgIpc) is 3.24. The normalized spacial score (nSPS) is 14.5. The number of hydrogen-bond acceptors (Lipinski definition) is 5. The van der Waals surface area contributed by atoms with Crippen molar-refractivity contribution in [1.29, 1.82) is 0 Å². The van der Waals surface area contributed by atoms with E-state index >= 15 is 0 Å². The van der Waals surface area contributed by atoms with Crippen molar-refractivity contribution in [2.45, 2.75) is 32.4 Å². The lowest BCUT2D eigenvalue weighted by Gasteiger charge is -2.09. The summed E-state index contributed by atoms with van der Waals surface area (Å²) < 4.78 is 2.39. The Morgan fingerprint density at radius 3 is 3.00 bits per heavy atom. The number of rotatable bonds is 4. The van der Waals surface area contributed by atoms with Gasteiger partial charge in [0.05, 0.1) is 23.0 Å². The van der Waals surface area contributed by atoms with Crippen LogP contribution >= 0.6 is 11.3 Å². The van der Waals surface area contributed by atoms with Crippen LogP contribution in [-0.2, 0) is 6.54 Å². The molecule has 1 aliphatic carbocycles. The van der Waals surface area contributed by atoms with Crippen LogP contribution in [0.4, 0.5) is 5.82 Å². The molecular weight excluding hydrogens is 318 g/mol. The molecule has 1 fully saturated rings. The molecule has 3 aromatic heterocycles. The summed E-state index contributed by atoms with van der Waals surface area (Å²) in [5.74, 6) is 1.97. The van der Waals surface area contributed by atoms with E-state index in [0.717, 1.165) is 27.4 Å². The van der Waals surface area contributed by atoms with Gasteiger partial charge in [-0.1, -0.05) is 12.1 Å². The van der Waals surface area contributed by atoms with Crippen LogP contribution in [0.15, 0.2) is 36.7 Å². The highest BCUT2D eigenvalue weighted by molar-refractivity contribution is 7.18. The van der Waals surface area contributed by atoms with Crippen molar-refractivity contribution in [2.24, 2.45) is 0 Å². The predicted molar refractivity (Wildman–Crippen MR) is 97.5 cm³/mol. The lowest BCUT2D eigenvalue weighted by Crippen LogP contribution is -2.09. The number of hydrogen-bond donors (Lipinski definition) is 1. The van der Waals surface area contributed by atoms with Crippen molar-refractivity contribution < 1.29 is 0 Å². The number of imidazole rings is 1. The van der Waals surface area contributed by atoms with Crippen LogP contribution in [0.3, 0.4) is 0 Å². The number of thiophene rings is 1. The molecule has 0 spiro atoms. The molecule has 5 nitrogen and oxygen atoms in total. The molecule has 1 aromatic carbocycles. The minimum absolute atomic E-state index is 0.600. The van der Waals surface area contributed by atoms with Gasteiger partial charge in [0.25, 0.3) is 0 Å². The molecule has 0 unspecified atom stereocenters. The fourth-order valence-electron chi connectivity index (χ4n) is 3.24. The third-order valence-electron chi connectivity index (χ3n) is 4.45. The molecule has 3 heterocycles. The molecule has 6 heteroatoms. The number of aryl methyl sites for hydroxylation is 1. The molecule has 0 saturated heterocycles. The second kappa shape index (κ2) is 5.27. The van der Waals surface area contributed by atoms with Gasteiger partial charge in [-0.25, -0.2) is 15.0 Å². The zero-order valence-electron chi connectivity index (χ0n) is 13.4. The van der Waals surface area contributed by atoms with Gasteiger partial charge in [-0.2, -0.15) is 0 Å². The number of para-hydroxylation sites is 2. The molecule has 0 radical (unpaired) electrons. The molecule has 0 bridgehead atoms. The standard InChI is InChI=1S/C18H17N5S/c1-11-8-13-17(20-10-21-18(13)24-11)19-9-16-22-14-4-2-3-5-15(14)23(16)12-6-7-12/h2-5,8,10,12H,6-7,9H2,1H3,(H,19,20,21). The van der Waals surface area contributed by atoms with Gasteiger partial charge in [-0.15, -0.1) is 11.3 Å². The SMILES string of the molecule is Cc1cc2c(NCc3nc4ccccc4n3C3CC3)ncnc2s1. The number of aromatic nitrogens is 4. The molecule has 0 atom stereocenters. The predicted octanol–water partition coefficient (Wildman–Crippen LogP) is 4.30. The summed E-state index contributed by atoms with van der Waals surface area (Å²) in [5.41, 5.74) is 2.30. The van der Waals surface area contributed by atoms with Gasteiger partial charge >= 0.3 is 0 Å². The summed E-state index contributed by atoms with van der Waals surface area (Å²) in [5, 5.41) is 4.57. The average molecular weight is 335 g/mol.